The minimum atomic E-state index is -1.03. The third-order valence-electron chi connectivity index (χ3n) is 2.59. The molecular formula is C11H17N3O3. The van der Waals surface area contributed by atoms with Crippen LogP contribution >= 0.6 is 0 Å². The van der Waals surface area contributed by atoms with Crippen LogP contribution < -0.4 is 0 Å². The van der Waals surface area contributed by atoms with E-state index in [-0.39, 0.29) is 5.91 Å². The first-order valence-electron chi connectivity index (χ1n) is 5.49. The predicted molar refractivity (Wildman–Crippen MR) is 61.7 cm³/mol. The first-order chi connectivity index (χ1) is 7.97. The smallest absolute Gasteiger partial charge is 0.326 e. The van der Waals surface area contributed by atoms with Gasteiger partial charge in [-0.15, -0.1) is 0 Å². The topological polar surface area (TPSA) is 75.4 Å². The SMILES string of the molecule is CCCn1cc(C(=O)N(C)C(C)C(=O)O)cn1. The monoisotopic (exact) mass is 239 g/mol. The van der Waals surface area contributed by atoms with E-state index in [4.69, 9.17) is 5.11 Å². The Labute approximate surface area is 99.8 Å². The number of carboxylic acids is 1. The fourth-order valence-electron chi connectivity index (χ4n) is 1.37. The van der Waals surface area contributed by atoms with Crippen LogP contribution in [0.5, 0.6) is 0 Å². The Morgan fingerprint density at radius 2 is 2.24 bits per heavy atom. The van der Waals surface area contributed by atoms with Crippen LogP contribution in [0.1, 0.15) is 30.6 Å². The number of nitrogens with zero attached hydrogens (tertiary/aromatic N) is 3. The van der Waals surface area contributed by atoms with E-state index in [0.29, 0.717) is 5.56 Å². The number of aromatic nitrogens is 2. The summed E-state index contributed by atoms with van der Waals surface area (Å²) in [5, 5.41) is 12.9. The minimum absolute atomic E-state index is 0.331. The molecule has 6 heteroatoms. The third-order valence-corrected chi connectivity index (χ3v) is 2.59. The molecule has 0 aliphatic heterocycles. The molecule has 0 saturated heterocycles. The molecule has 1 unspecified atom stereocenters. The maximum atomic E-state index is 11.9. The summed E-state index contributed by atoms with van der Waals surface area (Å²) in [6, 6.07) is -0.850. The Bertz CT molecular complexity index is 414. The molecule has 0 bridgehead atoms. The highest BCUT2D eigenvalue weighted by atomic mass is 16.4. The molecule has 0 fully saturated rings. The molecule has 1 atom stereocenters. The van der Waals surface area contributed by atoms with Gasteiger partial charge in [-0.2, -0.15) is 5.10 Å². The van der Waals surface area contributed by atoms with Gasteiger partial charge in [-0.3, -0.25) is 9.48 Å². The van der Waals surface area contributed by atoms with Gasteiger partial charge in [0.05, 0.1) is 11.8 Å². The van der Waals surface area contributed by atoms with Crippen LogP contribution in [0.3, 0.4) is 0 Å². The molecule has 6 nitrogen and oxygen atoms in total. The fraction of sp³-hybridized carbons (Fsp3) is 0.545. The van der Waals surface area contributed by atoms with E-state index in [9.17, 15) is 9.59 Å². The Kier molecular flexibility index (Phi) is 4.25. The zero-order chi connectivity index (χ0) is 13.0. The number of aliphatic carboxylic acids is 1. The van der Waals surface area contributed by atoms with Gasteiger partial charge in [-0.05, 0) is 13.3 Å². The summed E-state index contributed by atoms with van der Waals surface area (Å²) in [6.07, 6.45) is 4.02. The lowest BCUT2D eigenvalue weighted by atomic mass is 10.2. The van der Waals surface area contributed by atoms with E-state index in [1.165, 1.54) is 25.1 Å². The van der Waals surface area contributed by atoms with Gasteiger partial charge in [-0.1, -0.05) is 6.92 Å². The number of rotatable bonds is 5. The van der Waals surface area contributed by atoms with Crippen molar-refractivity contribution in [1.29, 1.82) is 0 Å². The maximum Gasteiger partial charge on any atom is 0.326 e. The normalized spacial score (nSPS) is 12.2. The number of carboxylic acid groups (broad SMARTS) is 1. The number of carbonyl (C=O) groups is 2. The summed E-state index contributed by atoms with van der Waals surface area (Å²) in [6.45, 7) is 4.23. The number of carbonyl (C=O) groups excluding carboxylic acids is 1. The van der Waals surface area contributed by atoms with Gasteiger partial charge in [0.1, 0.15) is 6.04 Å². The van der Waals surface area contributed by atoms with Crippen LogP contribution in [0.2, 0.25) is 0 Å². The van der Waals surface area contributed by atoms with Crippen molar-refractivity contribution < 1.29 is 14.7 Å². The van der Waals surface area contributed by atoms with Crippen molar-refractivity contribution in [2.75, 3.05) is 7.05 Å². The van der Waals surface area contributed by atoms with Crippen molar-refractivity contribution >= 4 is 11.9 Å². The van der Waals surface area contributed by atoms with Gasteiger partial charge in [0.25, 0.3) is 5.91 Å². The van der Waals surface area contributed by atoms with Crippen molar-refractivity contribution in [3.8, 4) is 0 Å². The van der Waals surface area contributed by atoms with E-state index >= 15 is 0 Å². The van der Waals surface area contributed by atoms with Crippen LogP contribution in [0.25, 0.3) is 0 Å². The van der Waals surface area contributed by atoms with Crippen molar-refractivity contribution in [1.82, 2.24) is 14.7 Å². The molecule has 1 rings (SSSR count). The summed E-state index contributed by atoms with van der Waals surface area (Å²) >= 11 is 0. The van der Waals surface area contributed by atoms with Crippen LogP contribution in [-0.2, 0) is 11.3 Å². The average Bonchev–Trinajstić information content (AvgIpc) is 2.75. The van der Waals surface area contributed by atoms with Crippen LogP contribution in [0.15, 0.2) is 12.4 Å². The lowest BCUT2D eigenvalue weighted by molar-refractivity contribution is -0.141. The Balaban J connectivity index is 2.77. The van der Waals surface area contributed by atoms with Crippen molar-refractivity contribution in [2.45, 2.75) is 32.9 Å². The third kappa shape index (κ3) is 3.05. The fourth-order valence-corrected chi connectivity index (χ4v) is 1.37. The molecule has 0 aromatic carbocycles. The number of hydrogen-bond acceptors (Lipinski definition) is 3. The second-order valence-corrected chi connectivity index (χ2v) is 3.92. The lowest BCUT2D eigenvalue weighted by Gasteiger charge is -2.20. The van der Waals surface area contributed by atoms with E-state index in [1.54, 1.807) is 10.9 Å². The first kappa shape index (κ1) is 13.2. The standard InChI is InChI=1S/C11H17N3O3/c1-4-5-14-7-9(6-12-14)10(15)13(3)8(2)11(16)17/h6-8H,4-5H2,1-3H3,(H,16,17). The molecule has 1 N–H and O–H groups in total. The first-order valence-corrected chi connectivity index (χ1v) is 5.49. The van der Waals surface area contributed by atoms with Gasteiger partial charge in [0, 0.05) is 19.8 Å². The van der Waals surface area contributed by atoms with E-state index in [2.05, 4.69) is 5.10 Å². The van der Waals surface area contributed by atoms with E-state index < -0.39 is 12.0 Å². The van der Waals surface area contributed by atoms with Gasteiger partial charge in [-0.25, -0.2) is 4.79 Å². The molecule has 0 spiro atoms. The van der Waals surface area contributed by atoms with E-state index in [1.807, 2.05) is 6.92 Å². The zero-order valence-corrected chi connectivity index (χ0v) is 10.3. The summed E-state index contributed by atoms with van der Waals surface area (Å²) in [7, 11) is 1.47. The number of amides is 1. The zero-order valence-electron chi connectivity index (χ0n) is 10.3. The quantitative estimate of drug-likeness (QED) is 0.826. The Morgan fingerprint density at radius 3 is 2.76 bits per heavy atom. The molecule has 0 saturated carbocycles. The summed E-state index contributed by atoms with van der Waals surface area (Å²) < 4.78 is 1.67. The predicted octanol–water partition coefficient (Wildman–Crippen LogP) is 0.838. The molecule has 0 aliphatic carbocycles. The second-order valence-electron chi connectivity index (χ2n) is 3.92. The lowest BCUT2D eigenvalue weighted by Crippen LogP contribution is -2.40. The molecular weight excluding hydrogens is 222 g/mol. The number of aryl methyl sites for hydroxylation is 1. The van der Waals surface area contributed by atoms with Crippen LogP contribution in [0.4, 0.5) is 0 Å². The summed E-state index contributed by atoms with van der Waals surface area (Å²) in [5.74, 6) is -1.36. The molecule has 1 heterocycles. The second kappa shape index (κ2) is 5.47. The van der Waals surface area contributed by atoms with Crippen molar-refractivity contribution in [2.24, 2.45) is 0 Å². The highest BCUT2D eigenvalue weighted by Gasteiger charge is 2.23. The molecule has 1 aromatic heterocycles. The largest absolute Gasteiger partial charge is 0.480 e. The van der Waals surface area contributed by atoms with Crippen molar-refractivity contribution in [3.05, 3.63) is 18.0 Å². The Morgan fingerprint density at radius 1 is 1.59 bits per heavy atom. The van der Waals surface area contributed by atoms with Gasteiger partial charge < -0.3 is 10.0 Å². The highest BCUT2D eigenvalue weighted by Crippen LogP contribution is 2.06. The van der Waals surface area contributed by atoms with Gasteiger partial charge in [0.2, 0.25) is 0 Å². The van der Waals surface area contributed by atoms with Gasteiger partial charge in [0.15, 0.2) is 0 Å². The molecule has 1 aromatic rings. The molecule has 0 radical (unpaired) electrons. The molecule has 1 amide bonds. The minimum Gasteiger partial charge on any atom is -0.480 e. The average molecular weight is 239 g/mol. The molecule has 17 heavy (non-hydrogen) atoms. The molecule has 94 valence electrons. The summed E-state index contributed by atoms with van der Waals surface area (Å²) in [4.78, 5) is 23.9. The maximum absolute atomic E-state index is 11.9. The summed E-state index contributed by atoms with van der Waals surface area (Å²) in [5.41, 5.74) is 0.411. The van der Waals surface area contributed by atoms with Crippen LogP contribution in [0, 0.1) is 0 Å². The number of hydrogen-bond donors (Lipinski definition) is 1. The van der Waals surface area contributed by atoms with E-state index in [0.717, 1.165) is 13.0 Å². The van der Waals surface area contributed by atoms with Crippen molar-refractivity contribution in [3.63, 3.8) is 0 Å². The highest BCUT2D eigenvalue weighted by molar-refractivity contribution is 5.95. The number of likely N-dealkylation sites (N-methyl/N-ethyl adjacent to an activating group) is 1. The Hall–Kier alpha value is -1.85. The van der Waals surface area contributed by atoms with Crippen LogP contribution in [-0.4, -0.2) is 44.8 Å². The van der Waals surface area contributed by atoms with Gasteiger partial charge >= 0.3 is 5.97 Å². The molecule has 0 aliphatic rings.